The molecule has 3 aliphatic heterocycles. The van der Waals surface area contributed by atoms with Crippen LogP contribution in [0.5, 0.6) is 0 Å². The van der Waals surface area contributed by atoms with Gasteiger partial charge >= 0.3 is 0 Å². The molecule has 0 aliphatic carbocycles. The monoisotopic (exact) mass is 273 g/mol. The lowest BCUT2D eigenvalue weighted by atomic mass is 9.84. The van der Waals surface area contributed by atoms with Crippen LogP contribution in [-0.4, -0.2) is 43.5 Å². The van der Waals surface area contributed by atoms with Crippen molar-refractivity contribution in [1.29, 1.82) is 0 Å². The second-order valence-corrected chi connectivity index (χ2v) is 5.90. The summed E-state index contributed by atoms with van der Waals surface area (Å²) in [6.45, 7) is 4.65. The maximum absolute atomic E-state index is 11.5. The van der Waals surface area contributed by atoms with Crippen LogP contribution in [0.25, 0.3) is 0 Å². The molecule has 2 N–H and O–H groups in total. The van der Waals surface area contributed by atoms with E-state index in [0.29, 0.717) is 6.04 Å². The van der Waals surface area contributed by atoms with E-state index in [0.717, 1.165) is 18.0 Å². The number of benzene rings is 1. The Hall–Kier alpha value is -1.39. The second kappa shape index (κ2) is 5.94. The predicted molar refractivity (Wildman–Crippen MR) is 79.6 cm³/mol. The number of hydrogen-bond acceptors (Lipinski definition) is 3. The Bertz CT molecular complexity index is 463. The molecule has 0 radical (unpaired) electrons. The van der Waals surface area contributed by atoms with Crippen LogP contribution in [-0.2, 0) is 6.54 Å². The number of amides is 1. The zero-order chi connectivity index (χ0) is 13.9. The van der Waals surface area contributed by atoms with Crippen molar-refractivity contribution in [1.82, 2.24) is 15.5 Å². The Morgan fingerprint density at radius 3 is 2.50 bits per heavy atom. The first-order chi connectivity index (χ1) is 9.76. The minimum absolute atomic E-state index is 0.0260. The molecule has 4 rings (SSSR count). The number of fused-ring (bicyclic) bond motifs is 3. The topological polar surface area (TPSA) is 44.4 Å². The van der Waals surface area contributed by atoms with Crippen LogP contribution in [0, 0.1) is 5.92 Å². The number of carbonyl (C=O) groups is 1. The molecule has 1 aromatic carbocycles. The fourth-order valence-electron chi connectivity index (χ4n) is 3.36. The standard InChI is InChI=1S/C16H23N3O/c1-17-16(20)14-4-2-12(3-5-14)10-18-15-11-19-8-6-13(15)7-9-19/h2-5,13,15,18H,6-11H2,1H3,(H,17,20). The molecule has 3 saturated heterocycles. The van der Waals surface area contributed by atoms with Crippen molar-refractivity contribution in [2.24, 2.45) is 5.92 Å². The van der Waals surface area contributed by atoms with Gasteiger partial charge in [-0.2, -0.15) is 0 Å². The molecule has 1 atom stereocenters. The lowest BCUT2D eigenvalue weighted by Crippen LogP contribution is -2.55. The first-order valence-electron chi connectivity index (χ1n) is 7.53. The van der Waals surface area contributed by atoms with Crippen molar-refractivity contribution >= 4 is 5.91 Å². The van der Waals surface area contributed by atoms with Crippen molar-refractivity contribution < 1.29 is 4.79 Å². The zero-order valence-electron chi connectivity index (χ0n) is 12.1. The Kier molecular flexibility index (Phi) is 4.03. The molecule has 0 saturated carbocycles. The van der Waals surface area contributed by atoms with Crippen molar-refractivity contribution in [2.45, 2.75) is 25.4 Å². The van der Waals surface area contributed by atoms with Crippen LogP contribution in [0.3, 0.4) is 0 Å². The van der Waals surface area contributed by atoms with Crippen LogP contribution < -0.4 is 10.6 Å². The highest BCUT2D eigenvalue weighted by molar-refractivity contribution is 5.93. The quantitative estimate of drug-likeness (QED) is 0.867. The third kappa shape index (κ3) is 2.86. The maximum Gasteiger partial charge on any atom is 0.251 e. The van der Waals surface area contributed by atoms with E-state index in [1.807, 2.05) is 24.3 Å². The fourth-order valence-corrected chi connectivity index (χ4v) is 3.36. The molecule has 2 bridgehead atoms. The average molecular weight is 273 g/mol. The number of nitrogens with one attached hydrogen (secondary N) is 2. The number of carbonyl (C=O) groups excluding carboxylic acids is 1. The van der Waals surface area contributed by atoms with E-state index >= 15 is 0 Å². The molecule has 0 aromatic heterocycles. The van der Waals surface area contributed by atoms with Crippen LogP contribution in [0.1, 0.15) is 28.8 Å². The molecule has 20 heavy (non-hydrogen) atoms. The minimum Gasteiger partial charge on any atom is -0.355 e. The molecule has 1 aromatic rings. The lowest BCUT2D eigenvalue weighted by molar-refractivity contribution is 0.0720. The Balaban J connectivity index is 1.54. The van der Waals surface area contributed by atoms with Crippen molar-refractivity contribution in [3.05, 3.63) is 35.4 Å². The summed E-state index contributed by atoms with van der Waals surface area (Å²) in [6, 6.07) is 8.51. The van der Waals surface area contributed by atoms with E-state index in [-0.39, 0.29) is 5.91 Å². The summed E-state index contributed by atoms with van der Waals surface area (Å²) < 4.78 is 0. The van der Waals surface area contributed by atoms with Gasteiger partial charge in [-0.1, -0.05) is 12.1 Å². The van der Waals surface area contributed by atoms with Gasteiger partial charge < -0.3 is 15.5 Å². The van der Waals surface area contributed by atoms with E-state index in [1.165, 1.54) is 38.0 Å². The van der Waals surface area contributed by atoms with Gasteiger partial charge in [0, 0.05) is 31.7 Å². The summed E-state index contributed by atoms with van der Waals surface area (Å²) in [4.78, 5) is 14.0. The fraction of sp³-hybridized carbons (Fsp3) is 0.562. The van der Waals surface area contributed by atoms with Crippen molar-refractivity contribution in [3.63, 3.8) is 0 Å². The van der Waals surface area contributed by atoms with Crippen LogP contribution in [0.15, 0.2) is 24.3 Å². The van der Waals surface area contributed by atoms with Crippen molar-refractivity contribution in [3.8, 4) is 0 Å². The Labute approximate surface area is 120 Å². The number of piperidine rings is 3. The highest BCUT2D eigenvalue weighted by Crippen LogP contribution is 2.27. The number of nitrogens with zero attached hydrogens (tertiary/aromatic N) is 1. The molecule has 0 spiro atoms. The smallest absolute Gasteiger partial charge is 0.251 e. The van der Waals surface area contributed by atoms with E-state index in [2.05, 4.69) is 15.5 Å². The van der Waals surface area contributed by atoms with Crippen LogP contribution in [0.4, 0.5) is 0 Å². The van der Waals surface area contributed by atoms with E-state index < -0.39 is 0 Å². The van der Waals surface area contributed by atoms with Gasteiger partial charge in [0.15, 0.2) is 0 Å². The third-order valence-corrected chi connectivity index (χ3v) is 4.67. The summed E-state index contributed by atoms with van der Waals surface area (Å²) in [5.74, 6) is 0.826. The number of hydrogen-bond donors (Lipinski definition) is 2. The van der Waals surface area contributed by atoms with Gasteiger partial charge in [0.05, 0.1) is 0 Å². The Morgan fingerprint density at radius 2 is 1.95 bits per heavy atom. The van der Waals surface area contributed by atoms with Crippen molar-refractivity contribution in [2.75, 3.05) is 26.7 Å². The normalized spacial score (nSPS) is 28.4. The summed E-state index contributed by atoms with van der Waals surface area (Å²) >= 11 is 0. The van der Waals surface area contributed by atoms with Gasteiger partial charge in [0.2, 0.25) is 0 Å². The molecule has 108 valence electrons. The Morgan fingerprint density at radius 1 is 1.25 bits per heavy atom. The van der Waals surface area contributed by atoms with Gasteiger partial charge in [0.1, 0.15) is 0 Å². The lowest BCUT2D eigenvalue weighted by Gasteiger charge is -2.45. The van der Waals surface area contributed by atoms with Gasteiger partial charge in [-0.15, -0.1) is 0 Å². The average Bonchev–Trinajstić information content (AvgIpc) is 2.54. The number of rotatable bonds is 4. The molecule has 3 fully saturated rings. The first kappa shape index (κ1) is 13.6. The van der Waals surface area contributed by atoms with Crippen LogP contribution in [0.2, 0.25) is 0 Å². The van der Waals surface area contributed by atoms with Gasteiger partial charge in [0.25, 0.3) is 5.91 Å². The molecule has 4 nitrogen and oxygen atoms in total. The SMILES string of the molecule is CNC(=O)c1ccc(CNC2CN3CCC2CC3)cc1. The maximum atomic E-state index is 11.5. The summed E-state index contributed by atoms with van der Waals surface area (Å²) in [7, 11) is 1.66. The second-order valence-electron chi connectivity index (χ2n) is 5.90. The highest BCUT2D eigenvalue weighted by Gasteiger charge is 2.33. The summed E-state index contributed by atoms with van der Waals surface area (Å²) in [6.07, 6.45) is 2.68. The molecule has 1 unspecified atom stereocenters. The molecule has 1 amide bonds. The minimum atomic E-state index is -0.0260. The summed E-state index contributed by atoms with van der Waals surface area (Å²) in [5, 5.41) is 6.33. The molecule has 3 aliphatic rings. The van der Waals surface area contributed by atoms with Crippen LogP contribution >= 0.6 is 0 Å². The largest absolute Gasteiger partial charge is 0.355 e. The molecular weight excluding hydrogens is 250 g/mol. The molecule has 4 heteroatoms. The van der Waals surface area contributed by atoms with E-state index in [9.17, 15) is 4.79 Å². The third-order valence-electron chi connectivity index (χ3n) is 4.67. The van der Waals surface area contributed by atoms with Gasteiger partial charge in [-0.25, -0.2) is 0 Å². The van der Waals surface area contributed by atoms with E-state index in [1.54, 1.807) is 7.05 Å². The van der Waals surface area contributed by atoms with E-state index in [4.69, 9.17) is 0 Å². The highest BCUT2D eigenvalue weighted by atomic mass is 16.1. The molecular formula is C16H23N3O. The van der Waals surface area contributed by atoms with Gasteiger partial charge in [-0.3, -0.25) is 4.79 Å². The molecule has 3 heterocycles. The van der Waals surface area contributed by atoms with Gasteiger partial charge in [-0.05, 0) is 49.5 Å². The predicted octanol–water partition coefficient (Wildman–Crippen LogP) is 1.23. The first-order valence-corrected chi connectivity index (χ1v) is 7.53. The zero-order valence-corrected chi connectivity index (χ0v) is 12.1. The summed E-state index contributed by atoms with van der Waals surface area (Å²) in [5.41, 5.74) is 1.97.